The second kappa shape index (κ2) is 8.53. The lowest BCUT2D eigenvalue weighted by Crippen LogP contribution is -2.43. The van der Waals surface area contributed by atoms with Crippen LogP contribution in [0.5, 0.6) is 0 Å². The minimum Gasteiger partial charge on any atom is -0.379 e. The number of carbonyl (C=O) groups excluding carboxylic acids is 1. The molecule has 1 aromatic carbocycles. The van der Waals surface area contributed by atoms with E-state index in [0.29, 0.717) is 24.4 Å². The molecule has 1 aliphatic rings. The molecule has 0 bridgehead atoms. The molecule has 1 saturated heterocycles. The van der Waals surface area contributed by atoms with Crippen molar-refractivity contribution >= 4 is 5.91 Å². The number of nitrogens with one attached hydrogen (secondary N) is 1. The van der Waals surface area contributed by atoms with E-state index in [9.17, 15) is 18.0 Å². The summed E-state index contributed by atoms with van der Waals surface area (Å²) in [6.45, 7) is 1.87. The van der Waals surface area contributed by atoms with E-state index in [1.165, 1.54) is 0 Å². The predicted octanol–water partition coefficient (Wildman–Crippen LogP) is 2.25. The number of benzene rings is 1. The molecule has 1 aromatic heterocycles. The highest BCUT2D eigenvalue weighted by atomic mass is 19.4. The zero-order chi connectivity index (χ0) is 19.3. The van der Waals surface area contributed by atoms with E-state index >= 15 is 0 Å². The highest BCUT2D eigenvalue weighted by Gasteiger charge is 2.29. The van der Waals surface area contributed by atoms with Crippen molar-refractivity contribution in [1.29, 1.82) is 0 Å². The largest absolute Gasteiger partial charge is 0.408 e. The molecule has 0 spiro atoms. The first kappa shape index (κ1) is 19.4. The molecule has 9 heteroatoms. The Hall–Kier alpha value is -2.39. The van der Waals surface area contributed by atoms with Crippen molar-refractivity contribution in [2.45, 2.75) is 18.8 Å². The van der Waals surface area contributed by atoms with Crippen LogP contribution in [0.1, 0.15) is 22.0 Å². The van der Waals surface area contributed by atoms with E-state index in [4.69, 9.17) is 4.74 Å². The van der Waals surface area contributed by atoms with Crippen LogP contribution < -0.4 is 5.32 Å². The van der Waals surface area contributed by atoms with Gasteiger partial charge < -0.3 is 10.1 Å². The molecule has 1 amide bonds. The Bertz CT molecular complexity index is 743. The summed E-state index contributed by atoms with van der Waals surface area (Å²) >= 11 is 0. The van der Waals surface area contributed by atoms with Gasteiger partial charge in [-0.15, -0.1) is 0 Å². The fourth-order valence-corrected chi connectivity index (χ4v) is 3.06. The first-order valence-electron chi connectivity index (χ1n) is 8.66. The first-order chi connectivity index (χ1) is 12.9. The zero-order valence-electron chi connectivity index (χ0n) is 14.7. The third kappa shape index (κ3) is 5.54. The van der Waals surface area contributed by atoms with Crippen molar-refractivity contribution in [2.24, 2.45) is 0 Å². The Morgan fingerprint density at radius 3 is 2.59 bits per heavy atom. The van der Waals surface area contributed by atoms with Gasteiger partial charge in [0.05, 0.1) is 31.0 Å². The van der Waals surface area contributed by atoms with E-state index in [1.54, 1.807) is 0 Å². The Morgan fingerprint density at radius 1 is 1.22 bits per heavy atom. The van der Waals surface area contributed by atoms with Gasteiger partial charge in [0.1, 0.15) is 6.54 Å². The number of amides is 1. The topological polar surface area (TPSA) is 59.4 Å². The van der Waals surface area contributed by atoms with Crippen molar-refractivity contribution in [3.8, 4) is 0 Å². The lowest BCUT2D eigenvalue weighted by Gasteiger charge is -2.34. The number of ether oxygens (including phenoxy) is 1. The van der Waals surface area contributed by atoms with Gasteiger partial charge in [-0.05, 0) is 5.56 Å². The van der Waals surface area contributed by atoms with Crippen LogP contribution in [0.4, 0.5) is 13.2 Å². The van der Waals surface area contributed by atoms with Crippen LogP contribution in [0.2, 0.25) is 0 Å². The summed E-state index contributed by atoms with van der Waals surface area (Å²) in [5, 5.41) is 6.42. The number of aromatic nitrogens is 2. The second-order valence-corrected chi connectivity index (χ2v) is 6.33. The van der Waals surface area contributed by atoms with Crippen LogP contribution in [0.25, 0.3) is 0 Å². The highest BCUT2D eigenvalue weighted by molar-refractivity contribution is 5.93. The molecule has 0 saturated carbocycles. The Kier molecular flexibility index (Phi) is 6.12. The van der Waals surface area contributed by atoms with E-state index in [2.05, 4.69) is 15.3 Å². The number of halogens is 3. The summed E-state index contributed by atoms with van der Waals surface area (Å²) in [6.07, 6.45) is -2.13. The van der Waals surface area contributed by atoms with Crippen LogP contribution in [0.3, 0.4) is 0 Å². The fraction of sp³-hybridized carbons (Fsp3) is 0.444. The Labute approximate surface area is 154 Å². The summed E-state index contributed by atoms with van der Waals surface area (Å²) in [7, 11) is 0. The van der Waals surface area contributed by atoms with Gasteiger partial charge in [-0.3, -0.25) is 14.4 Å². The summed E-state index contributed by atoms with van der Waals surface area (Å²) in [4.78, 5) is 14.6. The van der Waals surface area contributed by atoms with Crippen LogP contribution in [0, 0.1) is 0 Å². The molecule has 2 heterocycles. The number of nitrogens with zero attached hydrogens (tertiary/aromatic N) is 3. The van der Waals surface area contributed by atoms with Crippen molar-refractivity contribution in [1.82, 2.24) is 20.0 Å². The van der Waals surface area contributed by atoms with Gasteiger partial charge in [-0.2, -0.15) is 18.3 Å². The zero-order valence-corrected chi connectivity index (χ0v) is 14.7. The number of carbonyl (C=O) groups is 1. The molecule has 3 rings (SSSR count). The molecule has 1 aliphatic heterocycles. The van der Waals surface area contributed by atoms with E-state index in [1.807, 2.05) is 30.3 Å². The van der Waals surface area contributed by atoms with Gasteiger partial charge in [0, 0.05) is 25.8 Å². The molecule has 146 valence electrons. The van der Waals surface area contributed by atoms with Crippen LogP contribution in [-0.4, -0.2) is 59.6 Å². The van der Waals surface area contributed by atoms with Crippen LogP contribution in [-0.2, 0) is 11.3 Å². The Morgan fingerprint density at radius 2 is 1.93 bits per heavy atom. The van der Waals surface area contributed by atoms with Gasteiger partial charge in [0.2, 0.25) is 0 Å². The van der Waals surface area contributed by atoms with E-state index < -0.39 is 18.6 Å². The summed E-state index contributed by atoms with van der Waals surface area (Å²) in [5.41, 5.74) is 1.17. The average Bonchev–Trinajstić information content (AvgIpc) is 3.10. The van der Waals surface area contributed by atoms with Crippen LogP contribution in [0.15, 0.2) is 42.7 Å². The minimum atomic E-state index is -4.38. The summed E-state index contributed by atoms with van der Waals surface area (Å²) < 4.78 is 43.4. The monoisotopic (exact) mass is 382 g/mol. The lowest BCUT2D eigenvalue weighted by molar-refractivity contribution is -0.142. The second-order valence-electron chi connectivity index (χ2n) is 6.33. The molecule has 1 fully saturated rings. The number of morpholine rings is 1. The molecule has 6 nitrogen and oxygen atoms in total. The maximum atomic E-state index is 12.4. The van der Waals surface area contributed by atoms with Crippen molar-refractivity contribution in [3.05, 3.63) is 53.9 Å². The van der Waals surface area contributed by atoms with Gasteiger partial charge in [-0.25, -0.2) is 0 Å². The van der Waals surface area contributed by atoms with Gasteiger partial charge in [-0.1, -0.05) is 30.3 Å². The molecule has 1 atom stereocenters. The molecule has 1 N–H and O–H groups in total. The van der Waals surface area contributed by atoms with E-state index in [0.717, 1.165) is 31.0 Å². The normalized spacial score (nSPS) is 16.9. The number of rotatable bonds is 6. The third-order valence-electron chi connectivity index (χ3n) is 4.36. The van der Waals surface area contributed by atoms with Crippen LogP contribution >= 0.6 is 0 Å². The molecule has 2 aromatic rings. The average molecular weight is 382 g/mol. The molecule has 0 aliphatic carbocycles. The fourth-order valence-electron chi connectivity index (χ4n) is 3.06. The standard InChI is InChI=1S/C18H21F3N4O2/c19-18(20,21)13-25-12-15(10-23-25)17(26)22-11-16(14-4-2-1-3-5-14)24-6-8-27-9-7-24/h1-5,10,12,16H,6-9,11,13H2,(H,22,26)/t16-/m0/s1. The number of hydrogen-bond acceptors (Lipinski definition) is 4. The van der Waals surface area contributed by atoms with Gasteiger partial charge in [0.25, 0.3) is 5.91 Å². The third-order valence-corrected chi connectivity index (χ3v) is 4.36. The van der Waals surface area contributed by atoms with Crippen molar-refractivity contribution < 1.29 is 22.7 Å². The SMILES string of the molecule is O=C(NC[C@@H](c1ccccc1)N1CCOCC1)c1cnn(CC(F)(F)F)c1. The van der Waals surface area contributed by atoms with Gasteiger partial charge in [0.15, 0.2) is 0 Å². The smallest absolute Gasteiger partial charge is 0.379 e. The molecule has 0 radical (unpaired) electrons. The van der Waals surface area contributed by atoms with Gasteiger partial charge >= 0.3 is 6.18 Å². The molecular formula is C18H21F3N4O2. The number of hydrogen-bond donors (Lipinski definition) is 1. The summed E-state index contributed by atoms with van der Waals surface area (Å²) in [6, 6.07) is 9.75. The maximum absolute atomic E-state index is 12.4. The van der Waals surface area contributed by atoms with Crippen molar-refractivity contribution in [2.75, 3.05) is 32.8 Å². The quantitative estimate of drug-likeness (QED) is 0.833. The number of alkyl halides is 3. The minimum absolute atomic E-state index is 0.0377. The maximum Gasteiger partial charge on any atom is 0.408 e. The highest BCUT2D eigenvalue weighted by Crippen LogP contribution is 2.21. The van der Waals surface area contributed by atoms with Crippen molar-refractivity contribution in [3.63, 3.8) is 0 Å². The molecule has 0 unspecified atom stereocenters. The first-order valence-corrected chi connectivity index (χ1v) is 8.66. The predicted molar refractivity (Wildman–Crippen MR) is 92.2 cm³/mol. The Balaban J connectivity index is 1.65. The summed E-state index contributed by atoms with van der Waals surface area (Å²) in [5.74, 6) is -0.447. The molecule has 27 heavy (non-hydrogen) atoms. The lowest BCUT2D eigenvalue weighted by atomic mass is 10.0. The molecular weight excluding hydrogens is 361 g/mol. The van der Waals surface area contributed by atoms with E-state index in [-0.39, 0.29) is 11.6 Å².